The molecule has 0 aliphatic heterocycles. The third kappa shape index (κ3) is 3.18. The van der Waals surface area contributed by atoms with E-state index in [4.69, 9.17) is 0 Å². The molecule has 1 aromatic carbocycles. The number of benzene rings is 1. The zero-order valence-corrected chi connectivity index (χ0v) is 12.7. The molecule has 0 atom stereocenters. The van der Waals surface area contributed by atoms with Crippen molar-refractivity contribution in [2.24, 2.45) is 0 Å². The van der Waals surface area contributed by atoms with Crippen LogP contribution in [0.3, 0.4) is 0 Å². The minimum Gasteiger partial charge on any atom is -0.391 e. The van der Waals surface area contributed by atoms with Crippen LogP contribution in [0.15, 0.2) is 18.2 Å². The van der Waals surface area contributed by atoms with Crippen LogP contribution in [0.25, 0.3) is 0 Å². The van der Waals surface area contributed by atoms with Gasteiger partial charge in [-0.05, 0) is 11.6 Å². The van der Waals surface area contributed by atoms with Gasteiger partial charge in [0.05, 0.1) is 0 Å². The average Bonchev–Trinajstić information content (AvgIpc) is 2.16. The molecule has 1 rings (SSSR count). The van der Waals surface area contributed by atoms with E-state index >= 15 is 0 Å². The molecule has 73 valence electrons. The molecule has 0 aliphatic carbocycles. The minimum absolute atomic E-state index is 0. The molecule has 0 aromatic heterocycles. The predicted molar refractivity (Wildman–Crippen MR) is 57.6 cm³/mol. The first-order chi connectivity index (χ1) is 6.20. The van der Waals surface area contributed by atoms with Gasteiger partial charge in [0.15, 0.2) is 0 Å². The summed E-state index contributed by atoms with van der Waals surface area (Å²) in [4.78, 5) is 10.8. The van der Waals surface area contributed by atoms with Crippen LogP contribution < -0.4 is 0 Å². The second kappa shape index (κ2) is 6.76. The monoisotopic (exact) mass is 327 g/mol. The first-order valence-corrected chi connectivity index (χ1v) is 5.19. The van der Waals surface area contributed by atoms with Crippen molar-refractivity contribution in [3.05, 3.63) is 40.8 Å². The molecule has 14 heavy (non-hydrogen) atoms. The molecule has 1 nitrogen and oxygen atoms in total. The van der Waals surface area contributed by atoms with Crippen LogP contribution in [0, 0.1) is 5.92 Å². The summed E-state index contributed by atoms with van der Waals surface area (Å²) in [5.74, 6) is 1.14. The predicted octanol–water partition coefficient (Wildman–Crippen LogP) is 3.00. The average molecular weight is 328 g/mol. The molecule has 0 saturated carbocycles. The van der Waals surface area contributed by atoms with Crippen molar-refractivity contribution >= 4 is 22.2 Å². The second-order valence-electron chi connectivity index (χ2n) is 3.08. The molecule has 0 amide bonds. The van der Waals surface area contributed by atoms with Crippen LogP contribution in [-0.4, -0.2) is 6.29 Å². The number of rotatable bonds is 3. The topological polar surface area (TPSA) is 17.1 Å². The molecule has 0 N–H and O–H groups in total. The van der Waals surface area contributed by atoms with Crippen molar-refractivity contribution in [3.63, 3.8) is 0 Å². The van der Waals surface area contributed by atoms with Gasteiger partial charge in [0.1, 0.15) is 0 Å². The van der Waals surface area contributed by atoms with Gasteiger partial charge in [-0.25, -0.2) is 12.0 Å². The van der Waals surface area contributed by atoms with Gasteiger partial charge in [0, 0.05) is 32.7 Å². The summed E-state index contributed by atoms with van der Waals surface area (Å²) in [5.41, 5.74) is 2.67. The summed E-state index contributed by atoms with van der Waals surface area (Å²) >= 11 is 3.34. The van der Waals surface area contributed by atoms with Crippen molar-refractivity contribution in [2.75, 3.05) is 0 Å². The van der Waals surface area contributed by atoms with Crippen LogP contribution in [0.2, 0.25) is 0 Å². The normalized spacial score (nSPS) is 9.07. The van der Waals surface area contributed by atoms with Crippen molar-refractivity contribution < 1.29 is 37.5 Å². The Kier molecular flexibility index (Phi) is 6.93. The first-order valence-electron chi connectivity index (χ1n) is 4.07. The number of carbonyl (C=O) groups excluding carboxylic acids is 1. The van der Waals surface area contributed by atoms with Gasteiger partial charge in [0.25, 0.3) is 0 Å². The van der Waals surface area contributed by atoms with Gasteiger partial charge in [-0.3, -0.25) is 11.1 Å². The third-order valence-corrected chi connectivity index (χ3v) is 2.54. The SMILES string of the molecule is C[C-](C)c1cccc(CBr)c1[C-]=O.[Y]. The quantitative estimate of drug-likeness (QED) is 0.616. The van der Waals surface area contributed by atoms with Crippen molar-refractivity contribution in [3.8, 4) is 0 Å². The van der Waals surface area contributed by atoms with E-state index in [0.717, 1.165) is 17.0 Å². The van der Waals surface area contributed by atoms with Crippen molar-refractivity contribution in [2.45, 2.75) is 19.2 Å². The van der Waals surface area contributed by atoms with Crippen molar-refractivity contribution in [1.82, 2.24) is 0 Å². The third-order valence-electron chi connectivity index (χ3n) is 1.94. The molecular formula is C11H11BrOY-2. The fourth-order valence-electron chi connectivity index (χ4n) is 1.25. The maximum absolute atomic E-state index is 10.8. The van der Waals surface area contributed by atoms with Crippen LogP contribution >= 0.6 is 15.9 Å². The van der Waals surface area contributed by atoms with Crippen LogP contribution in [0.5, 0.6) is 0 Å². The molecule has 0 spiro atoms. The molecule has 0 saturated heterocycles. The smallest absolute Gasteiger partial charge is 0 e. The van der Waals surface area contributed by atoms with Gasteiger partial charge in [-0.15, -0.1) is 41.9 Å². The molecule has 0 heterocycles. The summed E-state index contributed by atoms with van der Waals surface area (Å²) in [6.07, 6.45) is 2.00. The second-order valence-corrected chi connectivity index (χ2v) is 3.64. The fourth-order valence-corrected chi connectivity index (χ4v) is 1.72. The Morgan fingerprint density at radius 3 is 2.50 bits per heavy atom. The number of hydrogen-bond donors (Lipinski definition) is 0. The maximum atomic E-state index is 10.8. The minimum atomic E-state index is 0. The van der Waals surface area contributed by atoms with Gasteiger partial charge in [-0.1, -0.05) is 0 Å². The van der Waals surface area contributed by atoms with E-state index in [1.165, 1.54) is 0 Å². The molecule has 0 bridgehead atoms. The standard InChI is InChI=1S/C11H11BrO.Y/c1-8(2)10-5-3-4-9(6-12)11(10)7-13;/h3-5H,6H2,1-2H3;/q-2;. The molecule has 1 radical (unpaired) electrons. The summed E-state index contributed by atoms with van der Waals surface area (Å²) in [6.45, 7) is 3.99. The Labute approximate surface area is 119 Å². The Morgan fingerprint density at radius 1 is 1.43 bits per heavy atom. The summed E-state index contributed by atoms with van der Waals surface area (Å²) in [5, 5.41) is 0.693. The maximum Gasteiger partial charge on any atom is 0 e. The number of alkyl halides is 1. The van der Waals surface area contributed by atoms with Crippen LogP contribution in [0.1, 0.15) is 30.5 Å². The van der Waals surface area contributed by atoms with E-state index in [0.29, 0.717) is 10.9 Å². The van der Waals surface area contributed by atoms with E-state index in [-0.39, 0.29) is 32.7 Å². The van der Waals surface area contributed by atoms with Gasteiger partial charge in [0.2, 0.25) is 0 Å². The number of halogens is 1. The van der Waals surface area contributed by atoms with Gasteiger partial charge >= 0.3 is 0 Å². The molecule has 3 heteroatoms. The van der Waals surface area contributed by atoms with E-state index in [9.17, 15) is 4.79 Å². The Morgan fingerprint density at radius 2 is 2.07 bits per heavy atom. The largest absolute Gasteiger partial charge is 0.391 e. The van der Waals surface area contributed by atoms with E-state index < -0.39 is 0 Å². The zero-order chi connectivity index (χ0) is 9.84. The summed E-state index contributed by atoms with van der Waals surface area (Å²) in [7, 11) is 0. The zero-order valence-electron chi connectivity index (χ0n) is 8.30. The van der Waals surface area contributed by atoms with E-state index in [2.05, 4.69) is 15.9 Å². The number of hydrogen-bond acceptors (Lipinski definition) is 1. The molecule has 0 unspecified atom stereocenters. The Bertz CT molecular complexity index is 310. The molecule has 0 fully saturated rings. The van der Waals surface area contributed by atoms with Gasteiger partial charge in [-0.2, -0.15) is 5.56 Å². The summed E-state index contributed by atoms with van der Waals surface area (Å²) < 4.78 is 0. The van der Waals surface area contributed by atoms with Crippen LogP contribution in [0.4, 0.5) is 0 Å². The van der Waals surface area contributed by atoms with Crippen molar-refractivity contribution in [1.29, 1.82) is 0 Å². The van der Waals surface area contributed by atoms with E-state index in [1.807, 2.05) is 38.3 Å². The van der Waals surface area contributed by atoms with E-state index in [1.54, 1.807) is 0 Å². The molecule has 0 aliphatic rings. The Hall–Kier alpha value is 0.344. The fraction of sp³-hybridized carbons (Fsp3) is 0.273. The molecular weight excluding hydrogens is 317 g/mol. The first kappa shape index (κ1) is 14.3. The Balaban J connectivity index is 0.00000169. The molecule has 1 aromatic rings. The van der Waals surface area contributed by atoms with Gasteiger partial charge < -0.3 is 4.79 Å². The summed E-state index contributed by atoms with van der Waals surface area (Å²) in [6, 6.07) is 5.84. The van der Waals surface area contributed by atoms with Crippen LogP contribution in [-0.2, 0) is 42.8 Å².